The largest absolute Gasteiger partial charge is 0.493 e. The van der Waals surface area contributed by atoms with Crippen molar-refractivity contribution in [1.29, 1.82) is 0 Å². The Balaban J connectivity index is 2.07. The van der Waals surface area contributed by atoms with Gasteiger partial charge in [-0.05, 0) is 44.0 Å². The molecule has 0 spiro atoms. The number of hydrogen-bond acceptors (Lipinski definition) is 4. The van der Waals surface area contributed by atoms with E-state index in [4.69, 9.17) is 26.2 Å². The fourth-order valence-electron chi connectivity index (χ4n) is 2.58. The Morgan fingerprint density at radius 3 is 2.65 bits per heavy atom. The maximum atomic E-state index is 8.84. The first-order chi connectivity index (χ1) is 12.7. The van der Waals surface area contributed by atoms with Crippen LogP contribution in [0.5, 0.6) is 11.5 Å². The average molecular weight is 443 g/mol. The number of unbranched alkanes of at least 4 members (excludes halogenated alkanes) is 2. The van der Waals surface area contributed by atoms with Crippen LogP contribution in [0.25, 0.3) is 0 Å². The quantitative estimate of drug-likeness (QED) is 0.484. The van der Waals surface area contributed by atoms with Gasteiger partial charge in [0.25, 0.3) is 0 Å². The van der Waals surface area contributed by atoms with Crippen LogP contribution in [-0.2, 0) is 13.2 Å². The third kappa shape index (κ3) is 6.16. The molecule has 2 rings (SSSR count). The van der Waals surface area contributed by atoms with E-state index in [1.54, 1.807) is 7.11 Å². The van der Waals surface area contributed by atoms with Crippen LogP contribution < -0.4 is 14.8 Å². The lowest BCUT2D eigenvalue weighted by atomic mass is 10.1. The van der Waals surface area contributed by atoms with Gasteiger partial charge in [0.05, 0.1) is 7.11 Å². The van der Waals surface area contributed by atoms with Gasteiger partial charge in [0, 0.05) is 33.8 Å². The highest BCUT2D eigenvalue weighted by Crippen LogP contribution is 2.37. The number of nitrogens with one attached hydrogen (secondary N) is 1. The lowest BCUT2D eigenvalue weighted by molar-refractivity contribution is 0.279. The zero-order chi connectivity index (χ0) is 18.8. The molecule has 0 saturated heterocycles. The predicted octanol–water partition coefficient (Wildman–Crippen LogP) is 4.94. The second-order valence-corrected chi connectivity index (χ2v) is 7.16. The van der Waals surface area contributed by atoms with Gasteiger partial charge in [-0.25, -0.2) is 0 Å². The molecule has 2 N–H and O–H groups in total. The van der Waals surface area contributed by atoms with Crippen LogP contribution in [0.1, 0.15) is 30.4 Å². The van der Waals surface area contributed by atoms with Crippen LogP contribution in [0.2, 0.25) is 5.02 Å². The van der Waals surface area contributed by atoms with Crippen molar-refractivity contribution < 1.29 is 14.6 Å². The Morgan fingerprint density at radius 1 is 1.12 bits per heavy atom. The Morgan fingerprint density at radius 2 is 1.92 bits per heavy atom. The van der Waals surface area contributed by atoms with Gasteiger partial charge >= 0.3 is 0 Å². The number of methoxy groups -OCH3 is 1. The van der Waals surface area contributed by atoms with Gasteiger partial charge in [-0.1, -0.05) is 45.7 Å². The molecule has 0 aromatic heterocycles. The van der Waals surface area contributed by atoms with Gasteiger partial charge in [0.1, 0.15) is 6.61 Å². The first-order valence-corrected chi connectivity index (χ1v) is 9.87. The summed E-state index contributed by atoms with van der Waals surface area (Å²) in [6.45, 7) is 2.17. The van der Waals surface area contributed by atoms with Gasteiger partial charge in [-0.15, -0.1) is 0 Å². The standard InChI is InChI=1S/C20H25BrClNO3/c1-25-19-10-9-17(21)16(13-23-11-5-2-6-12-24)20(19)26-14-15-7-3-4-8-18(15)22/h3-4,7-10,23-24H,2,5-6,11-14H2,1H3. The molecular formula is C20H25BrClNO3. The van der Waals surface area contributed by atoms with E-state index in [0.717, 1.165) is 41.4 Å². The van der Waals surface area contributed by atoms with Crippen LogP contribution in [0, 0.1) is 0 Å². The molecule has 0 aliphatic carbocycles. The van der Waals surface area contributed by atoms with E-state index in [1.807, 2.05) is 36.4 Å². The second kappa shape index (κ2) is 11.4. The summed E-state index contributed by atoms with van der Waals surface area (Å²) in [5.41, 5.74) is 1.94. The Bertz CT molecular complexity index is 697. The van der Waals surface area contributed by atoms with E-state index in [0.29, 0.717) is 29.7 Å². The summed E-state index contributed by atoms with van der Waals surface area (Å²) in [5.74, 6) is 1.40. The molecule has 6 heteroatoms. The Hall–Kier alpha value is -1.27. The molecule has 0 aliphatic rings. The highest BCUT2D eigenvalue weighted by Gasteiger charge is 2.15. The van der Waals surface area contributed by atoms with Gasteiger partial charge in [-0.2, -0.15) is 0 Å². The fourth-order valence-corrected chi connectivity index (χ4v) is 3.23. The van der Waals surface area contributed by atoms with E-state index in [1.165, 1.54) is 0 Å². The lowest BCUT2D eigenvalue weighted by Crippen LogP contribution is -2.16. The van der Waals surface area contributed by atoms with E-state index in [-0.39, 0.29) is 6.61 Å². The Labute approximate surface area is 168 Å². The predicted molar refractivity (Wildman–Crippen MR) is 109 cm³/mol. The van der Waals surface area contributed by atoms with E-state index >= 15 is 0 Å². The van der Waals surface area contributed by atoms with Crippen molar-refractivity contribution in [3.05, 3.63) is 57.0 Å². The normalized spacial score (nSPS) is 10.8. The number of hydrogen-bond donors (Lipinski definition) is 2. The third-order valence-corrected chi connectivity index (χ3v) is 5.14. The monoisotopic (exact) mass is 441 g/mol. The summed E-state index contributed by atoms with van der Waals surface area (Å²) >= 11 is 9.84. The molecule has 142 valence electrons. The van der Waals surface area contributed by atoms with Crippen LogP contribution in [0.4, 0.5) is 0 Å². The summed E-state index contributed by atoms with van der Waals surface area (Å²) in [7, 11) is 1.64. The number of halogens is 2. The minimum atomic E-state index is 0.251. The molecule has 0 radical (unpaired) electrons. The smallest absolute Gasteiger partial charge is 0.167 e. The summed E-state index contributed by atoms with van der Waals surface area (Å²) in [6, 6.07) is 11.5. The number of rotatable bonds is 11. The molecule has 0 fully saturated rings. The van der Waals surface area contributed by atoms with Gasteiger partial charge in [-0.3, -0.25) is 0 Å². The fraction of sp³-hybridized carbons (Fsp3) is 0.400. The molecule has 0 aliphatic heterocycles. The molecule has 2 aromatic rings. The molecule has 0 bridgehead atoms. The van der Waals surface area contributed by atoms with E-state index in [9.17, 15) is 0 Å². The topological polar surface area (TPSA) is 50.7 Å². The van der Waals surface area contributed by atoms with E-state index in [2.05, 4.69) is 21.2 Å². The summed E-state index contributed by atoms with van der Waals surface area (Å²) in [5, 5.41) is 13.0. The summed E-state index contributed by atoms with van der Waals surface area (Å²) in [6.07, 6.45) is 2.88. The van der Waals surface area contributed by atoms with Crippen molar-refractivity contribution in [3.8, 4) is 11.5 Å². The number of ether oxygens (including phenoxy) is 2. The van der Waals surface area contributed by atoms with Crippen LogP contribution >= 0.6 is 27.5 Å². The molecule has 4 nitrogen and oxygen atoms in total. The van der Waals surface area contributed by atoms with Crippen LogP contribution in [0.15, 0.2) is 40.9 Å². The second-order valence-electron chi connectivity index (χ2n) is 5.90. The maximum absolute atomic E-state index is 8.84. The van der Waals surface area contributed by atoms with E-state index < -0.39 is 0 Å². The first kappa shape index (κ1) is 21.0. The minimum Gasteiger partial charge on any atom is -0.493 e. The molecule has 0 atom stereocenters. The zero-order valence-corrected chi connectivity index (χ0v) is 17.3. The molecule has 2 aromatic carbocycles. The van der Waals surface area contributed by atoms with Crippen LogP contribution in [-0.4, -0.2) is 25.4 Å². The highest BCUT2D eigenvalue weighted by atomic mass is 79.9. The van der Waals surface area contributed by atoms with Crippen molar-refractivity contribution in [1.82, 2.24) is 5.32 Å². The number of aliphatic hydroxyl groups excluding tert-OH is 1. The molecule has 0 saturated carbocycles. The first-order valence-electron chi connectivity index (χ1n) is 8.70. The van der Waals surface area contributed by atoms with Crippen LogP contribution in [0.3, 0.4) is 0 Å². The van der Waals surface area contributed by atoms with Crippen molar-refractivity contribution in [2.75, 3.05) is 20.3 Å². The third-order valence-electron chi connectivity index (χ3n) is 4.03. The molecule has 0 amide bonds. The average Bonchev–Trinajstić information content (AvgIpc) is 2.65. The van der Waals surface area contributed by atoms with Crippen molar-refractivity contribution >= 4 is 27.5 Å². The molecule has 0 unspecified atom stereocenters. The lowest BCUT2D eigenvalue weighted by Gasteiger charge is -2.17. The van der Waals surface area contributed by atoms with Crippen molar-refractivity contribution in [2.24, 2.45) is 0 Å². The molecule has 26 heavy (non-hydrogen) atoms. The molecular weight excluding hydrogens is 418 g/mol. The minimum absolute atomic E-state index is 0.251. The van der Waals surface area contributed by atoms with Gasteiger partial charge in [0.2, 0.25) is 0 Å². The SMILES string of the molecule is COc1ccc(Br)c(CNCCCCCO)c1OCc1ccccc1Cl. The summed E-state index contributed by atoms with van der Waals surface area (Å²) in [4.78, 5) is 0. The number of benzene rings is 2. The van der Waals surface area contributed by atoms with Gasteiger partial charge in [0.15, 0.2) is 11.5 Å². The van der Waals surface area contributed by atoms with Crippen molar-refractivity contribution in [2.45, 2.75) is 32.4 Å². The van der Waals surface area contributed by atoms with Gasteiger partial charge < -0.3 is 19.9 Å². The summed E-state index contributed by atoms with van der Waals surface area (Å²) < 4.78 is 12.5. The highest BCUT2D eigenvalue weighted by molar-refractivity contribution is 9.10. The zero-order valence-electron chi connectivity index (χ0n) is 14.9. The molecule has 0 heterocycles. The maximum Gasteiger partial charge on any atom is 0.167 e. The number of aliphatic hydroxyl groups is 1. The Kier molecular flexibility index (Phi) is 9.26. The van der Waals surface area contributed by atoms with Crippen molar-refractivity contribution in [3.63, 3.8) is 0 Å².